The van der Waals surface area contributed by atoms with Gasteiger partial charge in [0.05, 0.1) is 6.61 Å². The van der Waals surface area contributed by atoms with Crippen molar-refractivity contribution in [1.82, 2.24) is 10.2 Å². The zero-order valence-electron chi connectivity index (χ0n) is 18.9. The van der Waals surface area contributed by atoms with Crippen molar-refractivity contribution in [2.75, 3.05) is 25.1 Å². The summed E-state index contributed by atoms with van der Waals surface area (Å²) >= 11 is 7.26. The summed E-state index contributed by atoms with van der Waals surface area (Å²) in [4.78, 5) is 12.4. The van der Waals surface area contributed by atoms with Crippen molar-refractivity contribution >= 4 is 40.1 Å². The van der Waals surface area contributed by atoms with Gasteiger partial charge in [0.1, 0.15) is 35.6 Å². The zero-order chi connectivity index (χ0) is 24.5. The van der Waals surface area contributed by atoms with Crippen LogP contribution < -0.4 is 19.5 Å². The monoisotopic (exact) mass is 498 g/mol. The zero-order valence-corrected chi connectivity index (χ0v) is 20.5. The van der Waals surface area contributed by atoms with Crippen LogP contribution in [-0.2, 0) is 4.79 Å². The highest BCUT2D eigenvalue weighted by Gasteiger charge is 2.13. The molecule has 0 radical (unpaired) electrons. The van der Waals surface area contributed by atoms with Gasteiger partial charge in [0.25, 0.3) is 5.91 Å². The van der Waals surface area contributed by atoms with Crippen LogP contribution in [0, 0.1) is 25.2 Å². The lowest BCUT2D eigenvalue weighted by Crippen LogP contribution is -2.13. The van der Waals surface area contributed by atoms with Crippen LogP contribution in [0.2, 0.25) is 5.02 Å². The van der Waals surface area contributed by atoms with E-state index >= 15 is 0 Å². The molecule has 0 unspecified atom stereocenters. The van der Waals surface area contributed by atoms with Crippen molar-refractivity contribution in [1.29, 1.82) is 5.26 Å². The maximum Gasteiger partial charge on any atom is 0.268 e. The molecule has 0 saturated carbocycles. The van der Waals surface area contributed by atoms with Crippen LogP contribution in [-0.4, -0.2) is 35.9 Å². The molecule has 1 N–H and O–H groups in total. The number of nitrogens with zero attached hydrogens (tertiary/aromatic N) is 3. The van der Waals surface area contributed by atoms with Gasteiger partial charge in [-0.2, -0.15) is 5.26 Å². The van der Waals surface area contributed by atoms with E-state index in [-0.39, 0.29) is 5.57 Å². The van der Waals surface area contributed by atoms with Crippen molar-refractivity contribution in [3.05, 3.63) is 63.1 Å². The largest absolute Gasteiger partial charge is 0.490 e. The number of aromatic nitrogens is 2. The summed E-state index contributed by atoms with van der Waals surface area (Å²) in [5, 5.41) is 21.4. The van der Waals surface area contributed by atoms with Crippen LogP contribution in [0.25, 0.3) is 6.08 Å². The van der Waals surface area contributed by atoms with Crippen LogP contribution in [0.4, 0.5) is 5.13 Å². The Morgan fingerprint density at radius 1 is 1.12 bits per heavy atom. The van der Waals surface area contributed by atoms with E-state index in [1.165, 1.54) is 17.4 Å². The quantitative estimate of drug-likeness (QED) is 0.232. The Morgan fingerprint density at radius 3 is 2.59 bits per heavy atom. The van der Waals surface area contributed by atoms with Gasteiger partial charge >= 0.3 is 0 Å². The minimum atomic E-state index is -0.563. The second-order valence-corrected chi connectivity index (χ2v) is 8.59. The fraction of sp³-hybridized carbons (Fsp3) is 0.250. The molecule has 1 heterocycles. The van der Waals surface area contributed by atoms with E-state index in [1.54, 1.807) is 37.3 Å². The van der Waals surface area contributed by atoms with Crippen molar-refractivity contribution < 1.29 is 19.0 Å². The molecule has 2 aromatic carbocycles. The highest BCUT2D eigenvalue weighted by atomic mass is 35.5. The fourth-order valence-electron chi connectivity index (χ4n) is 2.85. The lowest BCUT2D eigenvalue weighted by molar-refractivity contribution is -0.112. The summed E-state index contributed by atoms with van der Waals surface area (Å²) in [5.41, 5.74) is 1.48. The molecule has 34 heavy (non-hydrogen) atoms. The molecule has 0 fully saturated rings. The Hall–Kier alpha value is -3.61. The number of ether oxygens (including phenoxy) is 3. The number of halogens is 1. The van der Waals surface area contributed by atoms with E-state index in [2.05, 4.69) is 15.5 Å². The number of aryl methyl sites for hydroxylation is 2. The fourth-order valence-corrected chi connectivity index (χ4v) is 3.55. The number of nitriles is 1. The molecule has 0 atom stereocenters. The van der Waals surface area contributed by atoms with Gasteiger partial charge < -0.3 is 14.2 Å². The molecule has 1 amide bonds. The van der Waals surface area contributed by atoms with Gasteiger partial charge in [-0.3, -0.25) is 10.1 Å². The molecule has 1 aromatic heterocycles. The van der Waals surface area contributed by atoms with Gasteiger partial charge in [0, 0.05) is 5.02 Å². The molecule has 3 aromatic rings. The van der Waals surface area contributed by atoms with Gasteiger partial charge in [-0.25, -0.2) is 0 Å². The molecule has 10 heteroatoms. The molecular formula is C24H23ClN4O4S. The minimum Gasteiger partial charge on any atom is -0.490 e. The van der Waals surface area contributed by atoms with Crippen molar-refractivity contribution in [3.8, 4) is 23.3 Å². The van der Waals surface area contributed by atoms with Crippen LogP contribution in [0.1, 0.15) is 23.1 Å². The Bertz CT molecular complexity index is 1240. The molecule has 0 aliphatic carbocycles. The summed E-state index contributed by atoms with van der Waals surface area (Å²) in [6.45, 7) is 6.59. The third-order valence-electron chi connectivity index (χ3n) is 4.43. The third-order valence-corrected chi connectivity index (χ3v) is 5.61. The van der Waals surface area contributed by atoms with Gasteiger partial charge in [-0.15, -0.1) is 10.2 Å². The van der Waals surface area contributed by atoms with Gasteiger partial charge in [0.2, 0.25) is 5.13 Å². The Kier molecular flexibility index (Phi) is 8.85. The number of carbonyl (C=O) groups excluding carboxylic acids is 1. The molecule has 176 valence electrons. The van der Waals surface area contributed by atoms with E-state index in [9.17, 15) is 10.1 Å². The standard InChI is InChI=1S/C24H23ClN4O4S/c1-4-31-22-13-17(12-18(14-26)23(30)27-24-29-28-16(3)34-24)5-8-21(22)33-10-9-32-19-6-7-20(25)15(2)11-19/h5-8,11-13H,4,9-10H2,1-3H3,(H,27,29,30)/b18-12-. The molecular weight excluding hydrogens is 476 g/mol. The molecule has 0 bridgehead atoms. The topological polar surface area (TPSA) is 106 Å². The van der Waals surface area contributed by atoms with Crippen LogP contribution in [0.15, 0.2) is 42.0 Å². The number of anilines is 1. The molecule has 0 aliphatic rings. The minimum absolute atomic E-state index is 0.0735. The second-order valence-electron chi connectivity index (χ2n) is 7.00. The van der Waals surface area contributed by atoms with Crippen LogP contribution >= 0.6 is 22.9 Å². The summed E-state index contributed by atoms with van der Waals surface area (Å²) in [6, 6.07) is 12.5. The maximum atomic E-state index is 12.4. The number of hydrogen-bond donors (Lipinski definition) is 1. The predicted octanol–water partition coefficient (Wildman–Crippen LogP) is 5.21. The average Bonchev–Trinajstić information content (AvgIpc) is 3.22. The Labute approximate surface area is 206 Å². The first-order chi connectivity index (χ1) is 16.4. The molecule has 8 nitrogen and oxygen atoms in total. The Balaban J connectivity index is 1.65. The maximum absolute atomic E-state index is 12.4. The van der Waals surface area contributed by atoms with E-state index in [0.717, 1.165) is 5.56 Å². The summed E-state index contributed by atoms with van der Waals surface area (Å²) in [6.07, 6.45) is 1.47. The van der Waals surface area contributed by atoms with E-state index < -0.39 is 5.91 Å². The van der Waals surface area contributed by atoms with Crippen LogP contribution in [0.3, 0.4) is 0 Å². The third kappa shape index (κ3) is 6.94. The van der Waals surface area contributed by atoms with E-state index in [4.69, 9.17) is 25.8 Å². The first-order valence-electron chi connectivity index (χ1n) is 10.4. The van der Waals surface area contributed by atoms with Crippen molar-refractivity contribution in [3.63, 3.8) is 0 Å². The average molecular weight is 499 g/mol. The number of hydrogen-bond acceptors (Lipinski definition) is 8. The first kappa shape index (κ1) is 25.0. The first-order valence-corrected chi connectivity index (χ1v) is 11.6. The van der Waals surface area contributed by atoms with Gasteiger partial charge in [-0.05, 0) is 68.3 Å². The van der Waals surface area contributed by atoms with E-state index in [1.807, 2.05) is 26.0 Å². The van der Waals surface area contributed by atoms with Gasteiger partial charge in [0.15, 0.2) is 11.5 Å². The van der Waals surface area contributed by atoms with Crippen LogP contribution in [0.5, 0.6) is 17.2 Å². The number of nitrogens with one attached hydrogen (secondary N) is 1. The number of amides is 1. The molecule has 3 rings (SSSR count). The summed E-state index contributed by atoms with van der Waals surface area (Å²) in [5.74, 6) is 1.17. The van der Waals surface area contributed by atoms with Gasteiger partial charge in [-0.1, -0.05) is 29.0 Å². The number of rotatable bonds is 10. The SMILES string of the molecule is CCOc1cc(/C=C(/C#N)C(=O)Nc2nnc(C)s2)ccc1OCCOc1ccc(Cl)c(C)c1. The molecule has 0 spiro atoms. The highest BCUT2D eigenvalue weighted by Crippen LogP contribution is 2.30. The molecule has 0 aliphatic heterocycles. The summed E-state index contributed by atoms with van der Waals surface area (Å²) in [7, 11) is 0. The Morgan fingerprint density at radius 2 is 1.91 bits per heavy atom. The summed E-state index contributed by atoms with van der Waals surface area (Å²) < 4.78 is 17.2. The number of benzene rings is 2. The van der Waals surface area contributed by atoms with E-state index in [0.29, 0.717) is 57.8 Å². The van der Waals surface area contributed by atoms with Crippen molar-refractivity contribution in [2.45, 2.75) is 20.8 Å². The lowest BCUT2D eigenvalue weighted by Gasteiger charge is -2.13. The normalized spacial score (nSPS) is 11.0. The second kappa shape index (κ2) is 12.0. The highest BCUT2D eigenvalue weighted by molar-refractivity contribution is 7.15. The predicted molar refractivity (Wildman–Crippen MR) is 132 cm³/mol. The van der Waals surface area contributed by atoms with Crippen molar-refractivity contribution in [2.24, 2.45) is 0 Å². The molecule has 0 saturated heterocycles. The number of carbonyl (C=O) groups is 1. The lowest BCUT2D eigenvalue weighted by atomic mass is 10.1. The smallest absolute Gasteiger partial charge is 0.268 e.